The Labute approximate surface area is 150 Å². The first-order valence-electron chi connectivity index (χ1n) is 7.80. The molecule has 1 aromatic carbocycles. The molecule has 0 aliphatic carbocycles. The summed E-state index contributed by atoms with van der Waals surface area (Å²) < 4.78 is 32.7. The molecule has 3 rings (SSSR count). The number of thiophene rings is 1. The molecule has 134 valence electrons. The largest absolute Gasteiger partial charge is 0.490 e. The molecular weight excluding hydrogens is 364 g/mol. The van der Waals surface area contributed by atoms with Crippen LogP contribution >= 0.6 is 11.3 Å². The van der Waals surface area contributed by atoms with E-state index in [2.05, 4.69) is 0 Å². The number of nitrogens with zero attached hydrogens (tertiary/aromatic N) is 2. The maximum atomic E-state index is 13.1. The van der Waals surface area contributed by atoms with Crippen LogP contribution in [0.1, 0.15) is 29.8 Å². The van der Waals surface area contributed by atoms with Gasteiger partial charge in [-0.1, -0.05) is 6.92 Å². The summed E-state index contributed by atoms with van der Waals surface area (Å²) in [6.45, 7) is 2.31. The highest BCUT2D eigenvalue weighted by Crippen LogP contribution is 2.39. The second-order valence-corrected chi connectivity index (χ2v) is 8.57. The molecule has 1 aliphatic rings. The topological polar surface area (TPSA) is 89.8 Å². The molecule has 2 heterocycles. The minimum Gasteiger partial charge on any atom is -0.490 e. The van der Waals surface area contributed by atoms with E-state index in [4.69, 9.17) is 4.74 Å². The molecule has 9 heteroatoms. The van der Waals surface area contributed by atoms with Crippen LogP contribution in [-0.2, 0) is 16.4 Å². The molecule has 1 atom stereocenters. The first kappa shape index (κ1) is 17.8. The number of fused-ring (bicyclic) bond motifs is 1. The summed E-state index contributed by atoms with van der Waals surface area (Å²) in [6.07, 6.45) is 1.29. The highest BCUT2D eigenvalue weighted by molar-refractivity contribution is 7.89. The molecule has 0 saturated heterocycles. The third kappa shape index (κ3) is 3.03. The van der Waals surface area contributed by atoms with Gasteiger partial charge >= 0.3 is 5.69 Å². The van der Waals surface area contributed by atoms with Crippen LogP contribution in [0.25, 0.3) is 0 Å². The fourth-order valence-corrected chi connectivity index (χ4v) is 5.82. The van der Waals surface area contributed by atoms with Crippen molar-refractivity contribution in [3.63, 3.8) is 0 Å². The molecular formula is C16H18N2O5S2. The van der Waals surface area contributed by atoms with E-state index in [0.717, 1.165) is 11.6 Å². The van der Waals surface area contributed by atoms with Crippen molar-refractivity contribution < 1.29 is 18.1 Å². The molecule has 0 spiro atoms. The molecule has 0 unspecified atom stereocenters. The summed E-state index contributed by atoms with van der Waals surface area (Å²) in [6, 6.07) is 5.47. The van der Waals surface area contributed by atoms with Crippen molar-refractivity contribution in [2.45, 2.75) is 30.7 Å². The van der Waals surface area contributed by atoms with Crippen LogP contribution in [0.15, 0.2) is 34.5 Å². The van der Waals surface area contributed by atoms with Crippen molar-refractivity contribution in [3.8, 4) is 5.75 Å². The standard InChI is InChI=1S/C16H18N2O5S2/c1-3-13-12-7-9-24-16(12)6-8-17(13)25(21,22)11-4-5-15(23-2)14(10-11)18(19)20/h4-5,7,9-10,13H,3,6,8H2,1-2H3/t13-/m0/s1. The smallest absolute Gasteiger partial charge is 0.312 e. The molecule has 7 nitrogen and oxygen atoms in total. The summed E-state index contributed by atoms with van der Waals surface area (Å²) in [4.78, 5) is 11.7. The van der Waals surface area contributed by atoms with Gasteiger partial charge in [0, 0.05) is 17.5 Å². The Morgan fingerprint density at radius 2 is 2.16 bits per heavy atom. The van der Waals surface area contributed by atoms with E-state index in [1.165, 1.54) is 28.4 Å². The fourth-order valence-electron chi connectivity index (χ4n) is 3.19. The maximum absolute atomic E-state index is 13.1. The van der Waals surface area contributed by atoms with Crippen LogP contribution in [0.3, 0.4) is 0 Å². The van der Waals surface area contributed by atoms with Crippen LogP contribution in [0, 0.1) is 10.1 Å². The Balaban J connectivity index is 2.05. The van der Waals surface area contributed by atoms with E-state index in [1.807, 2.05) is 18.4 Å². The molecule has 0 N–H and O–H groups in total. The van der Waals surface area contributed by atoms with Crippen LogP contribution in [0.2, 0.25) is 0 Å². The minimum absolute atomic E-state index is 0.0368. The Bertz CT molecular complexity index is 907. The Hall–Kier alpha value is -1.97. The number of hydrogen-bond donors (Lipinski definition) is 0. The van der Waals surface area contributed by atoms with E-state index in [1.54, 1.807) is 11.3 Å². The SMILES string of the molecule is CC[C@H]1c2ccsc2CCN1S(=O)(=O)c1ccc(OC)c([N+](=O)[O-])c1. The van der Waals surface area contributed by atoms with Gasteiger partial charge in [-0.3, -0.25) is 10.1 Å². The first-order valence-corrected chi connectivity index (χ1v) is 10.1. The lowest BCUT2D eigenvalue weighted by Crippen LogP contribution is -2.39. The zero-order chi connectivity index (χ0) is 18.2. The second-order valence-electron chi connectivity index (χ2n) is 5.68. The first-order chi connectivity index (χ1) is 11.9. The van der Waals surface area contributed by atoms with Gasteiger partial charge in [0.15, 0.2) is 5.75 Å². The van der Waals surface area contributed by atoms with Gasteiger partial charge in [-0.05, 0) is 42.0 Å². The number of hydrogen-bond acceptors (Lipinski definition) is 6. The van der Waals surface area contributed by atoms with Gasteiger partial charge in [-0.15, -0.1) is 11.3 Å². The number of ether oxygens (including phenoxy) is 1. The molecule has 0 radical (unpaired) electrons. The van der Waals surface area contributed by atoms with Crippen molar-refractivity contribution in [1.82, 2.24) is 4.31 Å². The van der Waals surface area contributed by atoms with Crippen LogP contribution < -0.4 is 4.74 Å². The average Bonchev–Trinajstić information content (AvgIpc) is 3.08. The van der Waals surface area contributed by atoms with Crippen molar-refractivity contribution in [2.24, 2.45) is 0 Å². The summed E-state index contributed by atoms with van der Waals surface area (Å²) in [5.41, 5.74) is 0.676. The predicted molar refractivity (Wildman–Crippen MR) is 94.6 cm³/mol. The number of sulfonamides is 1. The quantitative estimate of drug-likeness (QED) is 0.584. The van der Waals surface area contributed by atoms with Crippen molar-refractivity contribution in [3.05, 3.63) is 50.2 Å². The van der Waals surface area contributed by atoms with E-state index >= 15 is 0 Å². The second kappa shape index (κ2) is 6.74. The Kier molecular flexibility index (Phi) is 4.81. The van der Waals surface area contributed by atoms with Gasteiger partial charge < -0.3 is 4.74 Å². The predicted octanol–water partition coefficient (Wildman–Crippen LogP) is 3.36. The average molecular weight is 382 g/mol. The fraction of sp³-hybridized carbons (Fsp3) is 0.375. The molecule has 0 amide bonds. The number of rotatable bonds is 5. The minimum atomic E-state index is -3.85. The van der Waals surface area contributed by atoms with Gasteiger partial charge in [-0.2, -0.15) is 4.31 Å². The third-order valence-electron chi connectivity index (χ3n) is 4.39. The van der Waals surface area contributed by atoms with Crippen molar-refractivity contribution in [2.75, 3.05) is 13.7 Å². The van der Waals surface area contributed by atoms with E-state index in [0.29, 0.717) is 19.4 Å². The van der Waals surface area contributed by atoms with E-state index in [9.17, 15) is 18.5 Å². The molecule has 1 aromatic heterocycles. The molecule has 0 bridgehead atoms. The lowest BCUT2D eigenvalue weighted by Gasteiger charge is -2.34. The monoisotopic (exact) mass is 382 g/mol. The van der Waals surface area contributed by atoms with Gasteiger partial charge in [0.1, 0.15) is 0 Å². The summed E-state index contributed by atoms with van der Waals surface area (Å²) >= 11 is 1.64. The summed E-state index contributed by atoms with van der Waals surface area (Å²) in [5.74, 6) is 0.0368. The summed E-state index contributed by atoms with van der Waals surface area (Å²) in [5, 5.41) is 13.2. The molecule has 1 aliphatic heterocycles. The Morgan fingerprint density at radius 3 is 2.80 bits per heavy atom. The third-order valence-corrected chi connectivity index (χ3v) is 7.29. The Morgan fingerprint density at radius 1 is 1.40 bits per heavy atom. The molecule has 0 saturated carbocycles. The van der Waals surface area contributed by atoms with Gasteiger partial charge in [0.25, 0.3) is 0 Å². The van der Waals surface area contributed by atoms with Gasteiger partial charge in [-0.25, -0.2) is 8.42 Å². The van der Waals surface area contributed by atoms with E-state index in [-0.39, 0.29) is 22.4 Å². The highest BCUT2D eigenvalue weighted by Gasteiger charge is 2.36. The summed E-state index contributed by atoms with van der Waals surface area (Å²) in [7, 11) is -2.54. The number of nitro benzene ring substituents is 1. The highest BCUT2D eigenvalue weighted by atomic mass is 32.2. The number of nitro groups is 1. The van der Waals surface area contributed by atoms with Crippen molar-refractivity contribution >= 4 is 27.0 Å². The zero-order valence-electron chi connectivity index (χ0n) is 13.8. The van der Waals surface area contributed by atoms with Crippen LogP contribution in [-0.4, -0.2) is 31.3 Å². The lowest BCUT2D eigenvalue weighted by atomic mass is 10.0. The number of methoxy groups -OCH3 is 1. The maximum Gasteiger partial charge on any atom is 0.312 e. The lowest BCUT2D eigenvalue weighted by molar-refractivity contribution is -0.386. The van der Waals surface area contributed by atoms with Crippen LogP contribution in [0.4, 0.5) is 5.69 Å². The normalized spacial score (nSPS) is 17.9. The molecule has 2 aromatic rings. The molecule has 0 fully saturated rings. The zero-order valence-corrected chi connectivity index (χ0v) is 15.5. The van der Waals surface area contributed by atoms with Crippen LogP contribution in [0.5, 0.6) is 5.75 Å². The van der Waals surface area contributed by atoms with Gasteiger partial charge in [0.2, 0.25) is 10.0 Å². The van der Waals surface area contributed by atoms with Gasteiger partial charge in [0.05, 0.1) is 23.0 Å². The van der Waals surface area contributed by atoms with Crippen molar-refractivity contribution in [1.29, 1.82) is 0 Å². The molecule has 25 heavy (non-hydrogen) atoms. The van der Waals surface area contributed by atoms with E-state index < -0.39 is 14.9 Å². The number of benzene rings is 1.